The highest BCUT2D eigenvalue weighted by molar-refractivity contribution is 6.28. The average molecular weight is 114 g/mol. The van der Waals surface area contributed by atoms with Gasteiger partial charge in [-0.25, -0.2) is 0 Å². The van der Waals surface area contributed by atoms with E-state index in [1.165, 1.54) is 6.92 Å². The summed E-state index contributed by atoms with van der Waals surface area (Å²) >= 11 is 0. The van der Waals surface area contributed by atoms with Crippen molar-refractivity contribution in [1.29, 1.82) is 5.41 Å². The topological polar surface area (TPSA) is 70.0 Å². The minimum Gasteiger partial charge on any atom is -0.303 e. The molecule has 44 valence electrons. The third-order valence-electron chi connectivity index (χ3n) is 0.430. The maximum atomic E-state index is 10.0. The SMILES string of the molecule is CC(=O)NC(=O)C=N. The molecule has 0 heterocycles. The lowest BCUT2D eigenvalue weighted by Crippen LogP contribution is -2.28. The van der Waals surface area contributed by atoms with E-state index >= 15 is 0 Å². The third kappa shape index (κ3) is 3.02. The van der Waals surface area contributed by atoms with Gasteiger partial charge in [0.1, 0.15) is 0 Å². The van der Waals surface area contributed by atoms with Crippen molar-refractivity contribution >= 4 is 18.0 Å². The van der Waals surface area contributed by atoms with E-state index in [1.54, 1.807) is 0 Å². The molecule has 8 heavy (non-hydrogen) atoms. The molecule has 2 N–H and O–H groups in total. The maximum absolute atomic E-state index is 10.0. The van der Waals surface area contributed by atoms with Gasteiger partial charge in [0, 0.05) is 6.92 Å². The van der Waals surface area contributed by atoms with E-state index < -0.39 is 11.8 Å². The molecule has 0 aromatic rings. The van der Waals surface area contributed by atoms with Crippen LogP contribution in [0.25, 0.3) is 0 Å². The van der Waals surface area contributed by atoms with Crippen LogP contribution in [0.1, 0.15) is 6.92 Å². The van der Waals surface area contributed by atoms with Crippen LogP contribution < -0.4 is 5.32 Å². The molecule has 0 aliphatic heterocycles. The van der Waals surface area contributed by atoms with E-state index in [0.29, 0.717) is 6.21 Å². The number of rotatable bonds is 1. The predicted octanol–water partition coefficient (Wildman–Crippen LogP) is -0.701. The first kappa shape index (κ1) is 6.81. The average Bonchev–Trinajstić information content (AvgIpc) is 1.65. The van der Waals surface area contributed by atoms with Crippen molar-refractivity contribution in [3.8, 4) is 0 Å². The molecule has 0 fully saturated rings. The fourth-order valence-electron chi connectivity index (χ4n) is 0.210. The zero-order chi connectivity index (χ0) is 6.57. The Kier molecular flexibility index (Phi) is 2.47. The van der Waals surface area contributed by atoms with Crippen LogP contribution in [0.3, 0.4) is 0 Å². The Hall–Kier alpha value is -1.19. The summed E-state index contributed by atoms with van der Waals surface area (Å²) in [5.41, 5.74) is 0. The van der Waals surface area contributed by atoms with Crippen LogP contribution in [0.5, 0.6) is 0 Å². The molecule has 0 bridgehead atoms. The molecule has 0 aromatic heterocycles. The van der Waals surface area contributed by atoms with Crippen LogP contribution in [-0.4, -0.2) is 18.0 Å². The van der Waals surface area contributed by atoms with Gasteiger partial charge in [-0.1, -0.05) is 0 Å². The zero-order valence-corrected chi connectivity index (χ0v) is 4.39. The molecule has 0 rings (SSSR count). The monoisotopic (exact) mass is 114 g/mol. The first-order chi connectivity index (χ1) is 3.66. The summed E-state index contributed by atoms with van der Waals surface area (Å²) in [6.45, 7) is 1.21. The second-order valence-electron chi connectivity index (χ2n) is 1.19. The number of carbonyl (C=O) groups is 2. The van der Waals surface area contributed by atoms with E-state index in [2.05, 4.69) is 0 Å². The molecule has 0 atom stereocenters. The lowest BCUT2D eigenvalue weighted by atomic mass is 10.6. The van der Waals surface area contributed by atoms with Crippen LogP contribution in [-0.2, 0) is 9.59 Å². The van der Waals surface area contributed by atoms with Gasteiger partial charge in [0.15, 0.2) is 0 Å². The van der Waals surface area contributed by atoms with Crippen molar-refractivity contribution in [3.05, 3.63) is 0 Å². The molecule has 2 amide bonds. The minimum atomic E-state index is -0.683. The van der Waals surface area contributed by atoms with E-state index in [-0.39, 0.29) is 0 Å². The zero-order valence-electron chi connectivity index (χ0n) is 4.39. The van der Waals surface area contributed by atoms with E-state index in [0.717, 1.165) is 0 Å². The molecule has 4 heteroatoms. The Morgan fingerprint density at radius 3 is 2.25 bits per heavy atom. The molecule has 0 aliphatic carbocycles. The van der Waals surface area contributed by atoms with Crippen molar-refractivity contribution in [2.75, 3.05) is 0 Å². The van der Waals surface area contributed by atoms with Crippen molar-refractivity contribution in [1.82, 2.24) is 5.32 Å². The van der Waals surface area contributed by atoms with Crippen LogP contribution in [0, 0.1) is 5.41 Å². The highest BCUT2D eigenvalue weighted by Gasteiger charge is 1.94. The molecular weight excluding hydrogens is 108 g/mol. The number of hydrogen-bond donors (Lipinski definition) is 2. The molecular formula is C4H6N2O2. The molecule has 0 spiro atoms. The number of carbonyl (C=O) groups excluding carboxylic acids is 2. The van der Waals surface area contributed by atoms with Gasteiger partial charge in [0.25, 0.3) is 5.91 Å². The lowest BCUT2D eigenvalue weighted by molar-refractivity contribution is -0.125. The molecule has 0 saturated heterocycles. The Bertz CT molecular complexity index is 130. The number of imide groups is 1. The summed E-state index contributed by atoms with van der Waals surface area (Å²) in [5.74, 6) is -1.13. The van der Waals surface area contributed by atoms with Crippen molar-refractivity contribution < 1.29 is 9.59 Å². The fraction of sp³-hybridized carbons (Fsp3) is 0.250. The minimum absolute atomic E-state index is 0.446. The third-order valence-corrected chi connectivity index (χ3v) is 0.430. The van der Waals surface area contributed by atoms with Gasteiger partial charge >= 0.3 is 0 Å². The van der Waals surface area contributed by atoms with Gasteiger partial charge in [-0.2, -0.15) is 0 Å². The molecule has 0 radical (unpaired) electrons. The van der Waals surface area contributed by atoms with E-state index in [9.17, 15) is 9.59 Å². The number of hydrogen-bond acceptors (Lipinski definition) is 3. The summed E-state index contributed by atoms with van der Waals surface area (Å²) in [6.07, 6.45) is 0.543. The first-order valence-electron chi connectivity index (χ1n) is 1.99. The van der Waals surface area contributed by atoms with Crippen LogP contribution in [0.15, 0.2) is 0 Å². The Balaban J connectivity index is 3.55. The first-order valence-corrected chi connectivity index (χ1v) is 1.99. The normalized spacial score (nSPS) is 7.62. The van der Waals surface area contributed by atoms with Gasteiger partial charge < -0.3 is 5.41 Å². The smallest absolute Gasteiger partial charge is 0.268 e. The lowest BCUT2D eigenvalue weighted by Gasteiger charge is -1.88. The van der Waals surface area contributed by atoms with Crippen LogP contribution >= 0.6 is 0 Å². The van der Waals surface area contributed by atoms with Gasteiger partial charge in [0.2, 0.25) is 5.91 Å². The predicted molar refractivity (Wildman–Crippen MR) is 27.6 cm³/mol. The largest absolute Gasteiger partial charge is 0.303 e. The van der Waals surface area contributed by atoms with Crippen molar-refractivity contribution in [2.45, 2.75) is 6.92 Å². The highest BCUT2D eigenvalue weighted by Crippen LogP contribution is 1.57. The molecule has 4 nitrogen and oxygen atoms in total. The highest BCUT2D eigenvalue weighted by atomic mass is 16.2. The fourth-order valence-corrected chi connectivity index (χ4v) is 0.210. The standard InChI is InChI=1S/C4H6N2O2/c1-3(7)6-4(8)2-5/h2,5H,1H3,(H,6,7,8). The summed E-state index contributed by atoms with van der Waals surface area (Å²) in [4.78, 5) is 20.0. The second-order valence-corrected chi connectivity index (χ2v) is 1.19. The van der Waals surface area contributed by atoms with Crippen molar-refractivity contribution in [3.63, 3.8) is 0 Å². The maximum Gasteiger partial charge on any atom is 0.268 e. The van der Waals surface area contributed by atoms with Gasteiger partial charge in [-0.15, -0.1) is 0 Å². The van der Waals surface area contributed by atoms with Crippen LogP contribution in [0.2, 0.25) is 0 Å². The molecule has 0 aromatic carbocycles. The van der Waals surface area contributed by atoms with E-state index in [4.69, 9.17) is 5.41 Å². The Morgan fingerprint density at radius 1 is 1.62 bits per heavy atom. The Labute approximate surface area is 46.4 Å². The van der Waals surface area contributed by atoms with Crippen LogP contribution in [0.4, 0.5) is 0 Å². The summed E-state index contributed by atoms with van der Waals surface area (Å²) in [6, 6.07) is 0. The Morgan fingerprint density at radius 2 is 2.12 bits per heavy atom. The van der Waals surface area contributed by atoms with Crippen molar-refractivity contribution in [2.24, 2.45) is 0 Å². The second kappa shape index (κ2) is 2.90. The van der Waals surface area contributed by atoms with Gasteiger partial charge in [0.05, 0.1) is 6.21 Å². The van der Waals surface area contributed by atoms with Gasteiger partial charge in [-0.3, -0.25) is 14.9 Å². The summed E-state index contributed by atoms with van der Waals surface area (Å²) < 4.78 is 0. The summed E-state index contributed by atoms with van der Waals surface area (Å²) in [5, 5.41) is 8.18. The number of amides is 2. The van der Waals surface area contributed by atoms with E-state index in [1.807, 2.05) is 5.32 Å². The molecule has 0 aliphatic rings. The van der Waals surface area contributed by atoms with Gasteiger partial charge in [-0.05, 0) is 0 Å². The molecule has 0 saturated carbocycles. The number of nitrogens with one attached hydrogen (secondary N) is 2. The summed E-state index contributed by atoms with van der Waals surface area (Å²) in [7, 11) is 0. The quantitative estimate of drug-likeness (QED) is 0.442. The molecule has 0 unspecified atom stereocenters.